The van der Waals surface area contributed by atoms with E-state index in [0.717, 1.165) is 23.1 Å². The first-order valence-corrected chi connectivity index (χ1v) is 6.16. The van der Waals surface area contributed by atoms with E-state index in [9.17, 15) is 0 Å². The van der Waals surface area contributed by atoms with Crippen LogP contribution in [0.1, 0.15) is 25.7 Å². The van der Waals surface area contributed by atoms with E-state index in [1.807, 2.05) is 6.20 Å². The summed E-state index contributed by atoms with van der Waals surface area (Å²) in [5.41, 5.74) is 2.69. The first kappa shape index (κ1) is 10.7. The zero-order valence-electron chi connectivity index (χ0n) is 8.67. The molecule has 0 spiro atoms. The van der Waals surface area contributed by atoms with Crippen molar-refractivity contribution in [2.45, 2.75) is 25.7 Å². The molecule has 1 aromatic heterocycles. The van der Waals surface area contributed by atoms with E-state index in [1.165, 1.54) is 19.3 Å². The van der Waals surface area contributed by atoms with Crippen molar-refractivity contribution >= 4 is 21.6 Å². The number of nitrogens with one attached hydrogen (secondary N) is 1. The summed E-state index contributed by atoms with van der Waals surface area (Å²) in [6, 6.07) is 2.05. The smallest absolute Gasteiger partial charge is 0.0538 e. The predicted octanol–water partition coefficient (Wildman–Crippen LogP) is 3.76. The number of nitrogens with zero attached hydrogens (tertiary/aromatic N) is 1. The van der Waals surface area contributed by atoms with Crippen molar-refractivity contribution in [3.63, 3.8) is 0 Å². The third kappa shape index (κ3) is 3.34. The zero-order chi connectivity index (χ0) is 10.5. The Morgan fingerprint density at radius 1 is 1.40 bits per heavy atom. The quantitative estimate of drug-likeness (QED) is 0.840. The normalized spacial score (nSPS) is 15.1. The van der Waals surface area contributed by atoms with E-state index in [2.05, 4.69) is 38.4 Å². The maximum absolute atomic E-state index is 4.11. The average molecular weight is 267 g/mol. The van der Waals surface area contributed by atoms with E-state index in [0.29, 0.717) is 0 Å². The van der Waals surface area contributed by atoms with E-state index >= 15 is 0 Å². The van der Waals surface area contributed by atoms with Crippen molar-refractivity contribution in [1.82, 2.24) is 4.98 Å². The molecule has 0 saturated carbocycles. The molecule has 0 bridgehead atoms. The van der Waals surface area contributed by atoms with Gasteiger partial charge < -0.3 is 5.32 Å². The number of anilines is 1. The molecule has 1 N–H and O–H groups in total. The van der Waals surface area contributed by atoms with Crippen LogP contribution < -0.4 is 5.32 Å². The van der Waals surface area contributed by atoms with Gasteiger partial charge >= 0.3 is 0 Å². The standard InChI is InChI=1S/C12H15BrN2/c13-11-7-12(9-14-8-11)15-6-5-10-3-1-2-4-10/h3,7-9,15H,1-2,4-6H2. The maximum Gasteiger partial charge on any atom is 0.0538 e. The number of aromatic nitrogens is 1. The van der Waals surface area contributed by atoms with E-state index in [-0.39, 0.29) is 0 Å². The molecule has 0 radical (unpaired) electrons. The van der Waals surface area contributed by atoms with Gasteiger partial charge in [0.05, 0.1) is 11.9 Å². The van der Waals surface area contributed by atoms with Crippen LogP contribution in [-0.2, 0) is 0 Å². The first-order valence-electron chi connectivity index (χ1n) is 5.37. The maximum atomic E-state index is 4.11. The zero-order valence-corrected chi connectivity index (χ0v) is 10.3. The summed E-state index contributed by atoms with van der Waals surface area (Å²) in [5.74, 6) is 0. The van der Waals surface area contributed by atoms with Crippen LogP contribution in [0.15, 0.2) is 34.6 Å². The van der Waals surface area contributed by atoms with Crippen molar-refractivity contribution in [1.29, 1.82) is 0 Å². The Kier molecular flexibility index (Phi) is 3.78. The molecule has 2 nitrogen and oxygen atoms in total. The van der Waals surface area contributed by atoms with Crippen molar-refractivity contribution in [2.24, 2.45) is 0 Å². The molecule has 0 aromatic carbocycles. The minimum absolute atomic E-state index is 1.00. The fourth-order valence-electron chi connectivity index (χ4n) is 1.84. The number of hydrogen-bond donors (Lipinski definition) is 1. The summed E-state index contributed by atoms with van der Waals surface area (Å²) in [7, 11) is 0. The lowest BCUT2D eigenvalue weighted by atomic mass is 10.2. The van der Waals surface area contributed by atoms with Crippen LogP contribution in [0.5, 0.6) is 0 Å². The van der Waals surface area contributed by atoms with Gasteiger partial charge in [0.15, 0.2) is 0 Å². The largest absolute Gasteiger partial charge is 0.383 e. The molecule has 0 atom stereocenters. The number of pyridine rings is 1. The summed E-state index contributed by atoms with van der Waals surface area (Å²) < 4.78 is 1.02. The van der Waals surface area contributed by atoms with Crippen LogP contribution in [-0.4, -0.2) is 11.5 Å². The Morgan fingerprint density at radius 2 is 2.33 bits per heavy atom. The predicted molar refractivity (Wildman–Crippen MR) is 67.0 cm³/mol. The summed E-state index contributed by atoms with van der Waals surface area (Å²) in [6.45, 7) is 1.00. The van der Waals surface area contributed by atoms with Crippen LogP contribution in [0.25, 0.3) is 0 Å². The van der Waals surface area contributed by atoms with E-state index in [1.54, 1.807) is 11.8 Å². The Morgan fingerprint density at radius 3 is 3.07 bits per heavy atom. The van der Waals surface area contributed by atoms with Gasteiger partial charge in [-0.25, -0.2) is 0 Å². The van der Waals surface area contributed by atoms with Gasteiger partial charge in [-0.1, -0.05) is 11.6 Å². The van der Waals surface area contributed by atoms with E-state index < -0.39 is 0 Å². The van der Waals surface area contributed by atoms with Crippen LogP contribution in [0, 0.1) is 0 Å². The molecular weight excluding hydrogens is 252 g/mol. The van der Waals surface area contributed by atoms with Gasteiger partial charge in [0, 0.05) is 17.2 Å². The molecule has 15 heavy (non-hydrogen) atoms. The lowest BCUT2D eigenvalue weighted by Gasteiger charge is -2.06. The molecule has 0 unspecified atom stereocenters. The minimum atomic E-state index is 1.00. The Balaban J connectivity index is 1.78. The Labute approximate surface area is 98.9 Å². The molecule has 0 amide bonds. The molecule has 0 aliphatic heterocycles. The highest BCUT2D eigenvalue weighted by Gasteiger charge is 2.03. The van der Waals surface area contributed by atoms with Gasteiger partial charge in [0.2, 0.25) is 0 Å². The average Bonchev–Trinajstić information content (AvgIpc) is 2.71. The first-order chi connectivity index (χ1) is 7.34. The molecule has 1 aliphatic rings. The summed E-state index contributed by atoms with van der Waals surface area (Å²) >= 11 is 3.41. The van der Waals surface area contributed by atoms with Gasteiger partial charge in [-0.2, -0.15) is 0 Å². The SMILES string of the molecule is Brc1cncc(NCCC2=CCCC2)c1. The molecule has 0 fully saturated rings. The third-order valence-corrected chi connectivity index (χ3v) is 3.05. The second-order valence-electron chi connectivity index (χ2n) is 3.82. The van der Waals surface area contributed by atoms with Crippen molar-refractivity contribution in [3.8, 4) is 0 Å². The molecule has 1 aliphatic carbocycles. The highest BCUT2D eigenvalue weighted by molar-refractivity contribution is 9.10. The third-order valence-electron chi connectivity index (χ3n) is 2.62. The van der Waals surface area contributed by atoms with Gasteiger partial charge in [0.1, 0.15) is 0 Å². The highest BCUT2D eigenvalue weighted by atomic mass is 79.9. The van der Waals surface area contributed by atoms with Crippen LogP contribution in [0.4, 0.5) is 5.69 Å². The topological polar surface area (TPSA) is 24.9 Å². The summed E-state index contributed by atoms with van der Waals surface area (Å²) in [6.07, 6.45) is 11.1. The van der Waals surface area contributed by atoms with Crippen molar-refractivity contribution < 1.29 is 0 Å². The molecule has 80 valence electrons. The number of hydrogen-bond acceptors (Lipinski definition) is 2. The second kappa shape index (κ2) is 5.31. The monoisotopic (exact) mass is 266 g/mol. The summed E-state index contributed by atoms with van der Waals surface area (Å²) in [4.78, 5) is 4.11. The molecular formula is C12H15BrN2. The number of allylic oxidation sites excluding steroid dienone is 1. The Hall–Kier alpha value is -0.830. The Bertz CT molecular complexity index is 360. The van der Waals surface area contributed by atoms with Crippen LogP contribution >= 0.6 is 15.9 Å². The molecule has 3 heteroatoms. The van der Waals surface area contributed by atoms with Gasteiger partial charge in [0.25, 0.3) is 0 Å². The van der Waals surface area contributed by atoms with Crippen LogP contribution in [0.3, 0.4) is 0 Å². The number of halogens is 1. The molecule has 2 rings (SSSR count). The lowest BCUT2D eigenvalue weighted by molar-refractivity contribution is 0.863. The lowest BCUT2D eigenvalue weighted by Crippen LogP contribution is -2.02. The fraction of sp³-hybridized carbons (Fsp3) is 0.417. The van der Waals surface area contributed by atoms with Crippen molar-refractivity contribution in [2.75, 3.05) is 11.9 Å². The fourth-order valence-corrected chi connectivity index (χ4v) is 2.21. The molecule has 1 aromatic rings. The minimum Gasteiger partial charge on any atom is -0.383 e. The second-order valence-corrected chi connectivity index (χ2v) is 4.74. The number of rotatable bonds is 4. The van der Waals surface area contributed by atoms with Crippen molar-refractivity contribution in [3.05, 3.63) is 34.6 Å². The molecule has 1 heterocycles. The molecule has 0 saturated heterocycles. The van der Waals surface area contributed by atoms with Gasteiger partial charge in [-0.05, 0) is 47.7 Å². The van der Waals surface area contributed by atoms with E-state index in [4.69, 9.17) is 0 Å². The summed E-state index contributed by atoms with van der Waals surface area (Å²) in [5, 5.41) is 3.38. The van der Waals surface area contributed by atoms with Gasteiger partial charge in [-0.3, -0.25) is 4.98 Å². The van der Waals surface area contributed by atoms with Crippen LogP contribution in [0.2, 0.25) is 0 Å². The van der Waals surface area contributed by atoms with Gasteiger partial charge in [-0.15, -0.1) is 0 Å². The highest BCUT2D eigenvalue weighted by Crippen LogP contribution is 2.20.